The Hall–Kier alpha value is -3.12. The van der Waals surface area contributed by atoms with Crippen molar-refractivity contribution >= 4 is 23.4 Å². The molecule has 0 bridgehead atoms. The first-order valence-electron chi connectivity index (χ1n) is 7.45. The molecule has 2 amide bonds. The van der Waals surface area contributed by atoms with Crippen molar-refractivity contribution in [3.05, 3.63) is 76.5 Å². The zero-order chi connectivity index (χ0) is 17.8. The second-order valence-corrected chi connectivity index (χ2v) is 5.62. The number of hydrazine groups is 1. The van der Waals surface area contributed by atoms with E-state index in [4.69, 9.17) is 16.1 Å². The Bertz CT molecular complexity index is 922. The van der Waals surface area contributed by atoms with Gasteiger partial charge in [0.05, 0.1) is 10.6 Å². The number of nitrogens with one attached hydrogen (secondary N) is 2. The minimum atomic E-state index is -0.530. The van der Waals surface area contributed by atoms with Gasteiger partial charge in [0.25, 0.3) is 11.8 Å². The number of carbonyl (C=O) groups is 2. The molecule has 3 rings (SSSR count). The standard InChI is InChI=1S/C18H14ClN3O3/c1-11-15(16(22-25-11)12-7-3-2-4-8-12)18(24)21-20-17(23)13-9-5-6-10-14(13)19/h2-10H,1H3,(H,20,23)(H,21,24). The lowest BCUT2D eigenvalue weighted by atomic mass is 10.1. The molecule has 3 aromatic rings. The lowest BCUT2D eigenvalue weighted by Gasteiger charge is -2.08. The van der Waals surface area contributed by atoms with Crippen LogP contribution in [0.1, 0.15) is 26.5 Å². The van der Waals surface area contributed by atoms with Crippen molar-refractivity contribution in [3.63, 3.8) is 0 Å². The molecule has 1 heterocycles. The fourth-order valence-corrected chi connectivity index (χ4v) is 2.54. The van der Waals surface area contributed by atoms with Crippen LogP contribution < -0.4 is 10.9 Å². The number of amides is 2. The molecule has 0 atom stereocenters. The van der Waals surface area contributed by atoms with Gasteiger partial charge in [0, 0.05) is 5.56 Å². The van der Waals surface area contributed by atoms with Gasteiger partial charge in [0.15, 0.2) is 0 Å². The fourth-order valence-electron chi connectivity index (χ4n) is 2.32. The predicted molar refractivity (Wildman–Crippen MR) is 93.1 cm³/mol. The first kappa shape index (κ1) is 16.7. The van der Waals surface area contributed by atoms with Gasteiger partial charge in [0.2, 0.25) is 0 Å². The molecular formula is C18H14ClN3O3. The largest absolute Gasteiger partial charge is 0.360 e. The summed E-state index contributed by atoms with van der Waals surface area (Å²) >= 11 is 5.97. The Labute approximate surface area is 148 Å². The number of hydrogen-bond acceptors (Lipinski definition) is 4. The Morgan fingerprint density at radius 1 is 0.960 bits per heavy atom. The van der Waals surface area contributed by atoms with E-state index in [-0.39, 0.29) is 11.1 Å². The van der Waals surface area contributed by atoms with E-state index in [0.29, 0.717) is 16.5 Å². The molecule has 0 radical (unpaired) electrons. The molecule has 0 saturated heterocycles. The molecule has 0 aliphatic carbocycles. The van der Waals surface area contributed by atoms with Crippen molar-refractivity contribution in [3.8, 4) is 11.3 Å². The smallest absolute Gasteiger partial charge is 0.275 e. The first-order valence-corrected chi connectivity index (χ1v) is 7.82. The third kappa shape index (κ3) is 3.54. The van der Waals surface area contributed by atoms with Crippen LogP contribution in [0.2, 0.25) is 5.02 Å². The first-order chi connectivity index (χ1) is 12.1. The summed E-state index contributed by atoms with van der Waals surface area (Å²) in [7, 11) is 0. The SMILES string of the molecule is Cc1onc(-c2ccccc2)c1C(=O)NNC(=O)c1ccccc1Cl. The Kier molecular flexibility index (Phi) is 4.81. The molecule has 0 saturated carbocycles. The number of aryl methyl sites for hydroxylation is 1. The maximum absolute atomic E-state index is 12.5. The number of aromatic nitrogens is 1. The van der Waals surface area contributed by atoms with Crippen LogP contribution in [0.15, 0.2) is 59.1 Å². The molecule has 0 aliphatic heterocycles. The van der Waals surface area contributed by atoms with Crippen LogP contribution in [0.4, 0.5) is 0 Å². The van der Waals surface area contributed by atoms with Crippen molar-refractivity contribution in [2.24, 2.45) is 0 Å². The van der Waals surface area contributed by atoms with Crippen molar-refractivity contribution in [2.45, 2.75) is 6.92 Å². The van der Waals surface area contributed by atoms with E-state index in [2.05, 4.69) is 16.0 Å². The van der Waals surface area contributed by atoms with E-state index in [1.807, 2.05) is 30.3 Å². The summed E-state index contributed by atoms with van der Waals surface area (Å²) in [6, 6.07) is 15.7. The maximum atomic E-state index is 12.5. The molecule has 6 nitrogen and oxygen atoms in total. The summed E-state index contributed by atoms with van der Waals surface area (Å²) < 4.78 is 5.14. The Morgan fingerprint density at radius 2 is 1.60 bits per heavy atom. The lowest BCUT2D eigenvalue weighted by molar-refractivity contribution is 0.0846. The molecule has 0 aliphatic rings. The zero-order valence-corrected chi connectivity index (χ0v) is 14.0. The molecule has 126 valence electrons. The van der Waals surface area contributed by atoms with Gasteiger partial charge >= 0.3 is 0 Å². The van der Waals surface area contributed by atoms with Gasteiger partial charge in [-0.1, -0.05) is 59.2 Å². The van der Waals surface area contributed by atoms with Gasteiger partial charge < -0.3 is 4.52 Å². The molecule has 1 aromatic heterocycles. The second-order valence-electron chi connectivity index (χ2n) is 5.22. The Balaban J connectivity index is 1.78. The van der Waals surface area contributed by atoms with Crippen molar-refractivity contribution in [1.29, 1.82) is 0 Å². The predicted octanol–water partition coefficient (Wildman–Crippen LogP) is 3.38. The molecular weight excluding hydrogens is 342 g/mol. The summed E-state index contributed by atoms with van der Waals surface area (Å²) in [5.41, 5.74) is 6.36. The van der Waals surface area contributed by atoms with Crippen LogP contribution in [0.5, 0.6) is 0 Å². The van der Waals surface area contributed by atoms with Crippen molar-refractivity contribution < 1.29 is 14.1 Å². The van der Waals surface area contributed by atoms with Crippen LogP contribution >= 0.6 is 11.6 Å². The van der Waals surface area contributed by atoms with E-state index < -0.39 is 11.8 Å². The normalized spacial score (nSPS) is 10.3. The summed E-state index contributed by atoms with van der Waals surface area (Å²) in [6.07, 6.45) is 0. The molecule has 0 fully saturated rings. The van der Waals surface area contributed by atoms with Crippen LogP contribution in [0.3, 0.4) is 0 Å². The highest BCUT2D eigenvalue weighted by atomic mass is 35.5. The number of carbonyl (C=O) groups excluding carboxylic acids is 2. The summed E-state index contributed by atoms with van der Waals surface area (Å²) in [6.45, 7) is 1.63. The molecule has 0 spiro atoms. The zero-order valence-electron chi connectivity index (χ0n) is 13.2. The molecule has 25 heavy (non-hydrogen) atoms. The van der Waals surface area contributed by atoms with Gasteiger partial charge in [-0.25, -0.2) is 0 Å². The number of benzene rings is 2. The van der Waals surface area contributed by atoms with Gasteiger partial charge in [-0.2, -0.15) is 0 Å². The van der Waals surface area contributed by atoms with Gasteiger partial charge in [0.1, 0.15) is 17.0 Å². The van der Waals surface area contributed by atoms with E-state index >= 15 is 0 Å². The van der Waals surface area contributed by atoms with Crippen molar-refractivity contribution in [2.75, 3.05) is 0 Å². The number of rotatable bonds is 3. The van der Waals surface area contributed by atoms with Crippen LogP contribution in [0, 0.1) is 6.92 Å². The summed E-state index contributed by atoms with van der Waals surface area (Å²) in [5, 5.41) is 4.23. The average Bonchev–Trinajstić information content (AvgIpc) is 3.02. The van der Waals surface area contributed by atoms with Gasteiger partial charge in [-0.15, -0.1) is 0 Å². The minimum Gasteiger partial charge on any atom is -0.360 e. The van der Waals surface area contributed by atoms with Crippen LogP contribution in [0.25, 0.3) is 11.3 Å². The molecule has 2 N–H and O–H groups in total. The molecule has 2 aromatic carbocycles. The van der Waals surface area contributed by atoms with Gasteiger partial charge in [-0.3, -0.25) is 20.4 Å². The average molecular weight is 356 g/mol. The number of nitrogens with zero attached hydrogens (tertiary/aromatic N) is 1. The third-order valence-electron chi connectivity index (χ3n) is 3.55. The van der Waals surface area contributed by atoms with E-state index in [9.17, 15) is 9.59 Å². The van der Waals surface area contributed by atoms with E-state index in [1.165, 1.54) is 0 Å². The maximum Gasteiger partial charge on any atom is 0.275 e. The van der Waals surface area contributed by atoms with Crippen LogP contribution in [-0.2, 0) is 0 Å². The summed E-state index contributed by atoms with van der Waals surface area (Å²) in [4.78, 5) is 24.6. The quantitative estimate of drug-likeness (QED) is 0.705. The minimum absolute atomic E-state index is 0.255. The van der Waals surface area contributed by atoms with E-state index in [0.717, 1.165) is 5.56 Å². The summed E-state index contributed by atoms with van der Waals surface area (Å²) in [5.74, 6) is -0.698. The second kappa shape index (κ2) is 7.19. The highest BCUT2D eigenvalue weighted by molar-refractivity contribution is 6.33. The molecule has 7 heteroatoms. The number of halogens is 1. The number of hydrogen-bond donors (Lipinski definition) is 2. The van der Waals surface area contributed by atoms with Crippen molar-refractivity contribution in [1.82, 2.24) is 16.0 Å². The van der Waals surface area contributed by atoms with Crippen LogP contribution in [-0.4, -0.2) is 17.0 Å². The highest BCUT2D eigenvalue weighted by Crippen LogP contribution is 2.24. The third-order valence-corrected chi connectivity index (χ3v) is 3.87. The topological polar surface area (TPSA) is 84.2 Å². The Morgan fingerprint density at radius 3 is 2.32 bits per heavy atom. The van der Waals surface area contributed by atoms with Gasteiger partial charge in [-0.05, 0) is 19.1 Å². The molecule has 0 unspecified atom stereocenters. The highest BCUT2D eigenvalue weighted by Gasteiger charge is 2.22. The fraction of sp³-hybridized carbons (Fsp3) is 0.0556. The lowest BCUT2D eigenvalue weighted by Crippen LogP contribution is -2.42. The van der Waals surface area contributed by atoms with E-state index in [1.54, 1.807) is 31.2 Å². The monoisotopic (exact) mass is 355 g/mol.